The van der Waals surface area contributed by atoms with Crippen molar-refractivity contribution in [1.82, 2.24) is 20.0 Å². The fourth-order valence-electron chi connectivity index (χ4n) is 2.61. The normalized spacial score (nSPS) is 11.5. The van der Waals surface area contributed by atoms with Gasteiger partial charge in [0.05, 0.1) is 17.8 Å². The SMILES string of the molecule is Cn1nc(C(F)(F)F)[n+](CNc2n[nH]c(Cc3cccc(Cl)c3)c2C#N)c1Cl. The molecule has 3 rings (SSSR count). The molecule has 0 spiro atoms. The number of anilines is 1. The minimum Gasteiger partial charge on any atom is -0.338 e. The minimum absolute atomic E-state index is 0.111. The van der Waals surface area contributed by atoms with Crippen LogP contribution in [0.25, 0.3) is 0 Å². The van der Waals surface area contributed by atoms with Crippen molar-refractivity contribution >= 4 is 29.0 Å². The number of halogens is 5. The first-order valence-electron chi connectivity index (χ1n) is 7.86. The Balaban J connectivity index is 1.83. The lowest BCUT2D eigenvalue weighted by atomic mass is 10.1. The van der Waals surface area contributed by atoms with Crippen molar-refractivity contribution in [1.29, 1.82) is 5.26 Å². The van der Waals surface area contributed by atoms with Crippen LogP contribution in [0.15, 0.2) is 24.3 Å². The Kier molecular flexibility index (Phi) is 5.49. The molecule has 2 aromatic heterocycles. The van der Waals surface area contributed by atoms with Crippen molar-refractivity contribution in [3.05, 3.63) is 57.2 Å². The summed E-state index contributed by atoms with van der Waals surface area (Å²) in [5, 5.41) is 22.6. The second-order valence-corrected chi connectivity index (χ2v) is 6.60. The van der Waals surface area contributed by atoms with Gasteiger partial charge in [0.15, 0.2) is 5.82 Å². The highest BCUT2D eigenvalue weighted by Crippen LogP contribution is 2.26. The van der Waals surface area contributed by atoms with Crippen LogP contribution in [0.4, 0.5) is 19.0 Å². The van der Waals surface area contributed by atoms with E-state index in [4.69, 9.17) is 23.2 Å². The van der Waals surface area contributed by atoms with Crippen LogP contribution >= 0.6 is 23.2 Å². The molecule has 0 aliphatic heterocycles. The Morgan fingerprint density at radius 2 is 2.11 bits per heavy atom. The fourth-order valence-corrected chi connectivity index (χ4v) is 3.00. The molecule has 146 valence electrons. The molecule has 7 nitrogen and oxygen atoms in total. The van der Waals surface area contributed by atoms with E-state index in [0.29, 0.717) is 17.1 Å². The first kappa shape index (κ1) is 20.0. The first-order valence-corrected chi connectivity index (χ1v) is 8.61. The third-order valence-corrected chi connectivity index (χ3v) is 4.56. The highest BCUT2D eigenvalue weighted by atomic mass is 35.5. The van der Waals surface area contributed by atoms with Crippen LogP contribution in [0.3, 0.4) is 0 Å². The van der Waals surface area contributed by atoms with Crippen LogP contribution in [0.5, 0.6) is 0 Å². The van der Waals surface area contributed by atoms with E-state index in [1.165, 1.54) is 7.05 Å². The Hall–Kier alpha value is -2.77. The molecule has 0 saturated heterocycles. The number of aromatic amines is 1. The third kappa shape index (κ3) is 4.05. The molecule has 2 heterocycles. The number of hydrogen-bond donors (Lipinski definition) is 2. The number of aromatic nitrogens is 5. The van der Waals surface area contributed by atoms with Gasteiger partial charge in [0.1, 0.15) is 18.3 Å². The summed E-state index contributed by atoms with van der Waals surface area (Å²) in [4.78, 5) is 0. The second kappa shape index (κ2) is 7.69. The van der Waals surface area contributed by atoms with Crippen LogP contribution in [0, 0.1) is 11.3 Å². The molecule has 3 aromatic rings. The lowest BCUT2D eigenvalue weighted by molar-refractivity contribution is -0.708. The zero-order valence-corrected chi connectivity index (χ0v) is 15.9. The summed E-state index contributed by atoms with van der Waals surface area (Å²) in [5.41, 5.74) is 1.54. The summed E-state index contributed by atoms with van der Waals surface area (Å²) in [5.74, 6) is -1.05. The van der Waals surface area contributed by atoms with Crippen LogP contribution in [-0.2, 0) is 26.3 Å². The Morgan fingerprint density at radius 3 is 2.75 bits per heavy atom. The number of rotatable bonds is 5. The highest BCUT2D eigenvalue weighted by Gasteiger charge is 2.45. The van der Waals surface area contributed by atoms with E-state index in [-0.39, 0.29) is 23.3 Å². The molecular formula is C16H13Cl2F3N7+. The molecule has 0 aliphatic rings. The predicted octanol–water partition coefficient (Wildman–Crippen LogP) is 3.29. The van der Waals surface area contributed by atoms with Crippen LogP contribution in [-0.4, -0.2) is 20.0 Å². The summed E-state index contributed by atoms with van der Waals surface area (Å²) in [6.07, 6.45) is -4.33. The number of hydrogen-bond acceptors (Lipinski definition) is 4. The van der Waals surface area contributed by atoms with Crippen LogP contribution in [0.2, 0.25) is 10.3 Å². The molecule has 0 radical (unpaired) electrons. The third-order valence-electron chi connectivity index (χ3n) is 3.87. The standard InChI is InChI=1S/C16H13Cl2F3N7/c1-27-15(18)28(14(26-27)16(19,20)21)8-23-13-11(7-22)12(24-25-13)6-9-3-2-4-10(17)5-9/h2-5H,6,8H2,1H3,(H2,23,24,25)/q+1. The van der Waals surface area contributed by atoms with E-state index < -0.39 is 12.0 Å². The fraction of sp³-hybridized carbons (Fsp3) is 0.250. The van der Waals surface area contributed by atoms with Gasteiger partial charge in [0.25, 0.3) is 0 Å². The first-order chi connectivity index (χ1) is 13.2. The summed E-state index contributed by atoms with van der Waals surface area (Å²) in [6, 6.07) is 9.09. The van der Waals surface area contributed by atoms with E-state index in [2.05, 4.69) is 20.6 Å². The van der Waals surface area contributed by atoms with Gasteiger partial charge >= 0.3 is 17.3 Å². The quantitative estimate of drug-likeness (QED) is 0.608. The Bertz CT molecular complexity index is 1050. The van der Waals surface area contributed by atoms with Crippen molar-refractivity contribution in [3.8, 4) is 6.07 Å². The number of nitrogens with one attached hydrogen (secondary N) is 2. The number of nitriles is 1. The monoisotopic (exact) mass is 430 g/mol. The molecule has 0 atom stereocenters. The van der Waals surface area contributed by atoms with Gasteiger partial charge in [-0.2, -0.15) is 28.1 Å². The van der Waals surface area contributed by atoms with Gasteiger partial charge in [-0.25, -0.2) is 0 Å². The van der Waals surface area contributed by atoms with Gasteiger partial charge < -0.3 is 5.32 Å². The van der Waals surface area contributed by atoms with Gasteiger partial charge in [-0.3, -0.25) is 5.10 Å². The van der Waals surface area contributed by atoms with Gasteiger partial charge in [-0.05, 0) is 29.3 Å². The van der Waals surface area contributed by atoms with Gasteiger partial charge in [-0.1, -0.05) is 28.4 Å². The van der Waals surface area contributed by atoms with Crippen molar-refractivity contribution in [3.63, 3.8) is 0 Å². The topological polar surface area (TPSA) is 86.2 Å². The maximum atomic E-state index is 13.1. The number of H-pyrrole nitrogens is 1. The van der Waals surface area contributed by atoms with E-state index in [1.54, 1.807) is 18.2 Å². The molecule has 0 amide bonds. The van der Waals surface area contributed by atoms with Crippen LogP contribution in [0.1, 0.15) is 22.6 Å². The number of alkyl halides is 3. The van der Waals surface area contributed by atoms with E-state index in [1.807, 2.05) is 12.1 Å². The highest BCUT2D eigenvalue weighted by molar-refractivity contribution is 6.30. The largest absolute Gasteiger partial charge is 0.485 e. The molecule has 0 bridgehead atoms. The molecule has 28 heavy (non-hydrogen) atoms. The minimum atomic E-state index is -4.69. The Labute approximate surface area is 167 Å². The average Bonchev–Trinajstić information content (AvgIpc) is 3.14. The number of benzene rings is 1. The maximum absolute atomic E-state index is 13.1. The predicted molar refractivity (Wildman–Crippen MR) is 94.6 cm³/mol. The summed E-state index contributed by atoms with van der Waals surface area (Å²) in [7, 11) is 1.30. The number of aryl methyl sites for hydroxylation is 1. The molecule has 12 heteroatoms. The zero-order valence-electron chi connectivity index (χ0n) is 14.3. The molecule has 1 aromatic carbocycles. The lowest BCUT2D eigenvalue weighted by Gasteiger charge is -2.05. The smallest absolute Gasteiger partial charge is 0.338 e. The maximum Gasteiger partial charge on any atom is 0.485 e. The average molecular weight is 431 g/mol. The second-order valence-electron chi connectivity index (χ2n) is 5.82. The van der Waals surface area contributed by atoms with E-state index in [9.17, 15) is 18.4 Å². The van der Waals surface area contributed by atoms with Gasteiger partial charge in [-0.15, -0.1) is 0 Å². The van der Waals surface area contributed by atoms with Crippen molar-refractivity contribution in [2.45, 2.75) is 19.3 Å². The van der Waals surface area contributed by atoms with E-state index in [0.717, 1.165) is 14.8 Å². The van der Waals surface area contributed by atoms with Crippen LogP contribution < -0.4 is 9.88 Å². The molecule has 0 saturated carbocycles. The zero-order chi connectivity index (χ0) is 20.5. The summed E-state index contributed by atoms with van der Waals surface area (Å²) >= 11 is 11.9. The molecule has 0 unspecified atom stereocenters. The van der Waals surface area contributed by atoms with Crippen molar-refractivity contribution < 1.29 is 17.7 Å². The van der Waals surface area contributed by atoms with Gasteiger partial charge in [0.2, 0.25) is 0 Å². The van der Waals surface area contributed by atoms with Gasteiger partial charge in [0, 0.05) is 11.4 Å². The van der Waals surface area contributed by atoms with E-state index >= 15 is 0 Å². The summed E-state index contributed by atoms with van der Waals surface area (Å²) in [6.45, 7) is -0.377. The van der Waals surface area contributed by atoms with Crippen molar-refractivity contribution in [2.24, 2.45) is 7.05 Å². The molecule has 2 N–H and O–H groups in total. The molecule has 0 fully saturated rings. The van der Waals surface area contributed by atoms with Crippen molar-refractivity contribution in [2.75, 3.05) is 5.32 Å². The molecular weight excluding hydrogens is 418 g/mol. The number of nitrogens with zero attached hydrogens (tertiary/aromatic N) is 5. The Morgan fingerprint density at radius 1 is 1.36 bits per heavy atom. The molecule has 0 aliphatic carbocycles. The lowest BCUT2D eigenvalue weighted by Crippen LogP contribution is -2.44. The summed E-state index contributed by atoms with van der Waals surface area (Å²) < 4.78 is 41.0.